The van der Waals surface area contributed by atoms with Crippen LogP contribution >= 0.6 is 0 Å². The maximum Gasteiger partial charge on any atom is 0.282 e. The molecule has 0 aromatic carbocycles. The molecule has 0 aliphatic carbocycles. The van der Waals surface area contributed by atoms with Gasteiger partial charge in [0.2, 0.25) is 0 Å². The molecule has 1 unspecified atom stereocenters. The van der Waals surface area contributed by atoms with E-state index in [4.69, 9.17) is 0 Å². The first-order chi connectivity index (χ1) is 9.95. The maximum absolute atomic E-state index is 12.7. The van der Waals surface area contributed by atoms with Crippen molar-refractivity contribution in [2.24, 2.45) is 5.92 Å². The minimum absolute atomic E-state index is 0.353. The van der Waals surface area contributed by atoms with Crippen LogP contribution < -0.4 is 5.32 Å². The molecule has 0 aromatic rings. The summed E-state index contributed by atoms with van der Waals surface area (Å²) in [7, 11) is 0.789. The Morgan fingerprint density at radius 2 is 1.71 bits per heavy atom. The van der Waals surface area contributed by atoms with E-state index in [1.807, 2.05) is 14.1 Å². The molecular weight excluding hydrogens is 288 g/mol. The highest BCUT2D eigenvalue weighted by Gasteiger charge is 2.37. The zero-order valence-electron chi connectivity index (χ0n) is 13.6. The number of piperidine rings is 1. The summed E-state index contributed by atoms with van der Waals surface area (Å²) in [5.41, 5.74) is 0. The quantitative estimate of drug-likeness (QED) is 0.759. The predicted octanol–water partition coefficient (Wildman–Crippen LogP) is 0.189. The van der Waals surface area contributed by atoms with Crippen molar-refractivity contribution >= 4 is 10.2 Å². The molecule has 0 saturated carbocycles. The van der Waals surface area contributed by atoms with E-state index in [2.05, 4.69) is 17.1 Å². The van der Waals surface area contributed by atoms with Crippen molar-refractivity contribution in [2.45, 2.75) is 32.2 Å². The van der Waals surface area contributed by atoms with Crippen molar-refractivity contribution in [1.29, 1.82) is 0 Å². The second-order valence-electron chi connectivity index (χ2n) is 6.42. The molecule has 2 aliphatic rings. The number of likely N-dealkylation sites (N-methyl/N-ethyl adjacent to an activating group) is 1. The lowest BCUT2D eigenvalue weighted by Gasteiger charge is -2.34. The first-order valence-electron chi connectivity index (χ1n) is 8.07. The lowest BCUT2D eigenvalue weighted by Crippen LogP contribution is -2.48. The Morgan fingerprint density at radius 1 is 1.10 bits per heavy atom. The maximum atomic E-state index is 12.7. The number of hydrogen-bond acceptors (Lipinski definition) is 4. The molecule has 2 fully saturated rings. The fourth-order valence-corrected chi connectivity index (χ4v) is 4.89. The number of nitrogens with zero attached hydrogens (tertiary/aromatic N) is 3. The molecule has 2 rings (SSSR count). The van der Waals surface area contributed by atoms with Crippen LogP contribution in [-0.2, 0) is 10.2 Å². The third-order valence-electron chi connectivity index (χ3n) is 4.77. The molecule has 1 atom stereocenters. The average Bonchev–Trinajstić information content (AvgIpc) is 2.96. The lowest BCUT2D eigenvalue weighted by molar-refractivity contribution is 0.250. The van der Waals surface area contributed by atoms with Gasteiger partial charge in [-0.05, 0) is 52.4 Å². The van der Waals surface area contributed by atoms with Gasteiger partial charge in [-0.3, -0.25) is 0 Å². The molecule has 1 N–H and O–H groups in total. The molecule has 21 heavy (non-hydrogen) atoms. The molecule has 2 saturated heterocycles. The zero-order chi connectivity index (χ0) is 15.5. The zero-order valence-corrected chi connectivity index (χ0v) is 14.4. The Morgan fingerprint density at radius 3 is 2.24 bits per heavy atom. The van der Waals surface area contributed by atoms with E-state index < -0.39 is 10.2 Å². The number of nitrogens with one attached hydrogen (secondary N) is 1. The normalized spacial score (nSPS) is 26.8. The van der Waals surface area contributed by atoms with Gasteiger partial charge in [-0.1, -0.05) is 6.92 Å². The smallest absolute Gasteiger partial charge is 0.282 e. The molecule has 7 heteroatoms. The molecule has 0 bridgehead atoms. The van der Waals surface area contributed by atoms with Gasteiger partial charge in [0.25, 0.3) is 10.2 Å². The second kappa shape index (κ2) is 7.37. The molecule has 0 amide bonds. The van der Waals surface area contributed by atoms with Gasteiger partial charge >= 0.3 is 0 Å². The van der Waals surface area contributed by atoms with Crippen LogP contribution in [0.25, 0.3) is 0 Å². The number of rotatable bonds is 6. The monoisotopic (exact) mass is 318 g/mol. The topological polar surface area (TPSA) is 55.9 Å². The Balaban J connectivity index is 1.87. The van der Waals surface area contributed by atoms with Crippen molar-refractivity contribution < 1.29 is 8.42 Å². The predicted molar refractivity (Wildman–Crippen MR) is 85.4 cm³/mol. The summed E-state index contributed by atoms with van der Waals surface area (Å²) in [6.07, 6.45) is 2.87. The van der Waals surface area contributed by atoms with Gasteiger partial charge in [0.05, 0.1) is 0 Å². The van der Waals surface area contributed by atoms with Gasteiger partial charge in [-0.15, -0.1) is 0 Å². The molecule has 2 aliphatic heterocycles. The summed E-state index contributed by atoms with van der Waals surface area (Å²) in [4.78, 5) is 2.12. The molecule has 6 nitrogen and oxygen atoms in total. The fourth-order valence-electron chi connectivity index (χ4n) is 3.20. The molecule has 0 radical (unpaired) electrons. The highest BCUT2D eigenvalue weighted by molar-refractivity contribution is 7.86. The van der Waals surface area contributed by atoms with E-state index in [0.717, 1.165) is 32.4 Å². The van der Waals surface area contributed by atoms with Crippen molar-refractivity contribution in [2.75, 3.05) is 53.4 Å². The Kier molecular flexibility index (Phi) is 6.02. The third kappa shape index (κ3) is 4.16. The van der Waals surface area contributed by atoms with Crippen molar-refractivity contribution in [3.8, 4) is 0 Å². The van der Waals surface area contributed by atoms with Crippen LogP contribution in [0.1, 0.15) is 26.2 Å². The lowest BCUT2D eigenvalue weighted by atomic mass is 9.98. The van der Waals surface area contributed by atoms with Crippen LogP contribution in [0.3, 0.4) is 0 Å². The fraction of sp³-hybridized carbons (Fsp3) is 1.00. The van der Waals surface area contributed by atoms with E-state index >= 15 is 0 Å². The largest absolute Gasteiger partial charge is 0.317 e. The molecular formula is C14H30N4O2S. The first kappa shape index (κ1) is 17.1. The summed E-state index contributed by atoms with van der Waals surface area (Å²) in [6, 6.07) is 0.353. The van der Waals surface area contributed by atoms with Crippen LogP contribution in [0.15, 0.2) is 0 Å². The van der Waals surface area contributed by atoms with Gasteiger partial charge in [-0.25, -0.2) is 0 Å². The van der Waals surface area contributed by atoms with E-state index in [9.17, 15) is 8.42 Å². The Bertz CT molecular complexity index is 419. The summed E-state index contributed by atoms with van der Waals surface area (Å²) in [6.45, 7) is 6.72. The minimum atomic E-state index is -3.25. The standard InChI is InChI=1S/C14H30N4O2S/c1-4-15-11-13-5-8-17(9-6-13)21(19,20)18-10-7-14(12-18)16(2)3/h13-15H,4-12H2,1-3H3. The highest BCUT2D eigenvalue weighted by Crippen LogP contribution is 2.24. The SMILES string of the molecule is CCNCC1CCN(S(=O)(=O)N2CCC(N(C)C)C2)CC1. The van der Waals surface area contributed by atoms with Crippen LogP contribution in [0.5, 0.6) is 0 Å². The highest BCUT2D eigenvalue weighted by atomic mass is 32.2. The van der Waals surface area contributed by atoms with Gasteiger partial charge in [-0.2, -0.15) is 17.0 Å². The number of hydrogen-bond donors (Lipinski definition) is 1. The summed E-state index contributed by atoms with van der Waals surface area (Å²) in [5.74, 6) is 0.615. The minimum Gasteiger partial charge on any atom is -0.317 e. The average molecular weight is 318 g/mol. The molecule has 124 valence electrons. The van der Waals surface area contributed by atoms with Gasteiger partial charge in [0.15, 0.2) is 0 Å². The van der Waals surface area contributed by atoms with E-state index in [-0.39, 0.29) is 0 Å². The second-order valence-corrected chi connectivity index (χ2v) is 8.35. The van der Waals surface area contributed by atoms with E-state index in [1.54, 1.807) is 8.61 Å². The Labute approximate surface area is 129 Å². The van der Waals surface area contributed by atoms with Crippen LogP contribution in [0, 0.1) is 5.92 Å². The van der Waals surface area contributed by atoms with Gasteiger partial charge in [0.1, 0.15) is 0 Å². The molecule has 0 aromatic heterocycles. The van der Waals surface area contributed by atoms with Gasteiger partial charge in [0, 0.05) is 32.2 Å². The summed E-state index contributed by atoms with van der Waals surface area (Å²) in [5, 5.41) is 3.36. The summed E-state index contributed by atoms with van der Waals surface area (Å²) < 4.78 is 28.7. The van der Waals surface area contributed by atoms with Crippen molar-refractivity contribution in [1.82, 2.24) is 18.8 Å². The van der Waals surface area contributed by atoms with Crippen LogP contribution in [-0.4, -0.2) is 81.3 Å². The van der Waals surface area contributed by atoms with E-state index in [1.165, 1.54) is 0 Å². The Hall–Kier alpha value is -0.210. The summed E-state index contributed by atoms with van der Waals surface area (Å²) >= 11 is 0. The van der Waals surface area contributed by atoms with Crippen molar-refractivity contribution in [3.63, 3.8) is 0 Å². The van der Waals surface area contributed by atoms with Crippen LogP contribution in [0.4, 0.5) is 0 Å². The third-order valence-corrected chi connectivity index (χ3v) is 6.77. The molecule has 2 heterocycles. The first-order valence-corrected chi connectivity index (χ1v) is 9.47. The van der Waals surface area contributed by atoms with Crippen molar-refractivity contribution in [3.05, 3.63) is 0 Å². The van der Waals surface area contributed by atoms with E-state index in [0.29, 0.717) is 38.1 Å². The van der Waals surface area contributed by atoms with Gasteiger partial charge < -0.3 is 10.2 Å². The molecule has 0 spiro atoms. The van der Waals surface area contributed by atoms with Crippen LogP contribution in [0.2, 0.25) is 0 Å².